The van der Waals surface area contributed by atoms with Gasteiger partial charge in [0, 0.05) is 48.5 Å². The molecule has 1 aromatic heterocycles. The number of halogens is 2. The fourth-order valence-electron chi connectivity index (χ4n) is 3.10. The lowest BCUT2D eigenvalue weighted by atomic mass is 9.93. The summed E-state index contributed by atoms with van der Waals surface area (Å²) in [5, 5.41) is 4.78. The van der Waals surface area contributed by atoms with E-state index in [9.17, 15) is 4.79 Å². The summed E-state index contributed by atoms with van der Waals surface area (Å²) in [5.74, 6) is 1.70. The molecule has 0 spiro atoms. The minimum Gasteiger partial charge on any atom is -0.355 e. The van der Waals surface area contributed by atoms with Gasteiger partial charge in [0.25, 0.3) is 0 Å². The van der Waals surface area contributed by atoms with Crippen molar-refractivity contribution >= 4 is 45.8 Å². The summed E-state index contributed by atoms with van der Waals surface area (Å²) in [5.41, 5.74) is 0.637. The summed E-state index contributed by atoms with van der Waals surface area (Å²) >= 11 is 13.3. The van der Waals surface area contributed by atoms with Crippen LogP contribution in [0.1, 0.15) is 38.1 Å². The van der Waals surface area contributed by atoms with Gasteiger partial charge in [-0.1, -0.05) is 23.7 Å². The molecule has 2 heterocycles. The van der Waals surface area contributed by atoms with Crippen molar-refractivity contribution in [1.82, 2.24) is 14.7 Å². The van der Waals surface area contributed by atoms with E-state index in [1.165, 1.54) is 11.5 Å². The Hall–Kier alpha value is -1.37. The molecule has 0 radical (unpaired) electrons. The van der Waals surface area contributed by atoms with Crippen molar-refractivity contribution in [2.45, 2.75) is 33.1 Å². The first-order valence-corrected chi connectivity index (χ1v) is 11.2. The maximum absolute atomic E-state index is 12.2. The van der Waals surface area contributed by atoms with Crippen LogP contribution in [0.3, 0.4) is 0 Å². The van der Waals surface area contributed by atoms with Gasteiger partial charge in [-0.2, -0.15) is 4.37 Å². The van der Waals surface area contributed by atoms with E-state index in [-0.39, 0.29) is 5.91 Å². The largest absolute Gasteiger partial charge is 0.355 e. The number of benzene rings is 1. The number of anilines is 1. The summed E-state index contributed by atoms with van der Waals surface area (Å²) < 4.78 is 4.51. The van der Waals surface area contributed by atoms with E-state index in [1.54, 1.807) is 0 Å². The molecule has 28 heavy (non-hydrogen) atoms. The standard InChI is InChI=1S/C20H26Cl2N4OS/c1-20(2,13-21)18(27)23-12-15-7-9-26(10-8-15)19-24-17(25-28-19)11-14-3-5-16(22)6-4-14/h3-6,15H,7-13H2,1-2H3,(H,23,27). The highest BCUT2D eigenvalue weighted by atomic mass is 35.5. The Kier molecular flexibility index (Phi) is 7.18. The molecular weight excluding hydrogens is 415 g/mol. The molecule has 1 amide bonds. The van der Waals surface area contributed by atoms with Gasteiger partial charge >= 0.3 is 0 Å². The number of piperidine rings is 1. The Morgan fingerprint density at radius 3 is 2.61 bits per heavy atom. The van der Waals surface area contributed by atoms with Gasteiger partial charge in [0.05, 0.1) is 5.41 Å². The molecule has 0 bridgehead atoms. The number of carbonyl (C=O) groups is 1. The molecule has 1 fully saturated rings. The molecule has 152 valence electrons. The van der Waals surface area contributed by atoms with E-state index < -0.39 is 5.41 Å². The van der Waals surface area contributed by atoms with Gasteiger partial charge in [0.1, 0.15) is 5.82 Å². The molecule has 2 aromatic rings. The fourth-order valence-corrected chi connectivity index (χ4v) is 4.08. The highest BCUT2D eigenvalue weighted by Gasteiger charge is 2.28. The summed E-state index contributed by atoms with van der Waals surface area (Å²) in [6.07, 6.45) is 2.79. The molecule has 1 aliphatic heterocycles. The Morgan fingerprint density at radius 2 is 1.96 bits per heavy atom. The van der Waals surface area contributed by atoms with E-state index in [0.717, 1.165) is 47.5 Å². The lowest BCUT2D eigenvalue weighted by molar-refractivity contribution is -0.128. The summed E-state index contributed by atoms with van der Waals surface area (Å²) in [4.78, 5) is 19.2. The summed E-state index contributed by atoms with van der Waals surface area (Å²) in [6, 6.07) is 7.80. The highest BCUT2D eigenvalue weighted by molar-refractivity contribution is 7.09. The van der Waals surface area contributed by atoms with Crippen LogP contribution in [0.2, 0.25) is 5.02 Å². The van der Waals surface area contributed by atoms with E-state index in [4.69, 9.17) is 28.2 Å². The molecule has 8 heteroatoms. The van der Waals surface area contributed by atoms with Gasteiger partial charge in [0.15, 0.2) is 0 Å². The number of hydrogen-bond acceptors (Lipinski definition) is 5. The van der Waals surface area contributed by atoms with Crippen LogP contribution in [-0.4, -0.2) is 40.8 Å². The van der Waals surface area contributed by atoms with Gasteiger partial charge in [0.2, 0.25) is 11.0 Å². The quantitative estimate of drug-likeness (QED) is 0.648. The van der Waals surface area contributed by atoms with Crippen molar-refractivity contribution in [1.29, 1.82) is 0 Å². The van der Waals surface area contributed by atoms with E-state index in [0.29, 0.717) is 24.8 Å². The van der Waals surface area contributed by atoms with Crippen molar-refractivity contribution in [3.63, 3.8) is 0 Å². The SMILES string of the molecule is CC(C)(CCl)C(=O)NCC1CCN(c2nc(Cc3ccc(Cl)cc3)ns2)CC1. The number of nitrogens with one attached hydrogen (secondary N) is 1. The van der Waals surface area contributed by atoms with Crippen LogP contribution in [0.25, 0.3) is 0 Å². The highest BCUT2D eigenvalue weighted by Crippen LogP contribution is 2.26. The third kappa shape index (κ3) is 5.58. The molecule has 0 saturated carbocycles. The van der Waals surface area contributed by atoms with E-state index in [2.05, 4.69) is 14.6 Å². The second kappa shape index (κ2) is 9.42. The zero-order chi connectivity index (χ0) is 20.1. The smallest absolute Gasteiger partial charge is 0.226 e. The predicted octanol–water partition coefficient (Wildman–Crippen LogP) is 4.38. The Labute approximate surface area is 180 Å². The molecule has 5 nitrogen and oxygen atoms in total. The Bertz CT molecular complexity index is 786. The number of alkyl halides is 1. The topological polar surface area (TPSA) is 58.1 Å². The van der Waals surface area contributed by atoms with Crippen LogP contribution in [0.15, 0.2) is 24.3 Å². The first-order chi connectivity index (χ1) is 13.4. The average molecular weight is 441 g/mol. The Morgan fingerprint density at radius 1 is 1.29 bits per heavy atom. The van der Waals surface area contributed by atoms with Gasteiger partial charge in [-0.15, -0.1) is 11.6 Å². The summed E-state index contributed by atoms with van der Waals surface area (Å²) in [7, 11) is 0. The van der Waals surface area contributed by atoms with Gasteiger partial charge in [-0.3, -0.25) is 4.79 Å². The second-order valence-electron chi connectivity index (χ2n) is 7.95. The van der Waals surface area contributed by atoms with Crippen molar-refractivity contribution in [2.75, 3.05) is 30.4 Å². The van der Waals surface area contributed by atoms with Crippen LogP contribution in [-0.2, 0) is 11.2 Å². The monoisotopic (exact) mass is 440 g/mol. The maximum Gasteiger partial charge on any atom is 0.226 e. The first-order valence-electron chi connectivity index (χ1n) is 9.53. The molecule has 0 unspecified atom stereocenters. The van der Waals surface area contributed by atoms with Crippen LogP contribution < -0.4 is 10.2 Å². The van der Waals surface area contributed by atoms with Crippen LogP contribution in [0.4, 0.5) is 5.13 Å². The predicted molar refractivity (Wildman–Crippen MR) is 117 cm³/mol. The molecule has 1 aromatic carbocycles. The molecule has 0 atom stereocenters. The third-order valence-corrected chi connectivity index (χ3v) is 6.85. The minimum absolute atomic E-state index is 0.0286. The molecule has 1 saturated heterocycles. The van der Waals surface area contributed by atoms with Crippen LogP contribution >= 0.6 is 34.7 Å². The third-order valence-electron chi connectivity index (χ3n) is 5.12. The van der Waals surface area contributed by atoms with E-state index >= 15 is 0 Å². The fraction of sp³-hybridized carbons (Fsp3) is 0.550. The second-order valence-corrected chi connectivity index (χ2v) is 9.39. The lowest BCUT2D eigenvalue weighted by Crippen LogP contribution is -2.43. The zero-order valence-corrected chi connectivity index (χ0v) is 18.6. The minimum atomic E-state index is -0.519. The van der Waals surface area contributed by atoms with Gasteiger partial charge in [-0.25, -0.2) is 4.98 Å². The molecule has 0 aliphatic carbocycles. The Balaban J connectivity index is 1.47. The van der Waals surface area contributed by atoms with E-state index in [1.807, 2.05) is 38.1 Å². The van der Waals surface area contributed by atoms with Crippen molar-refractivity contribution in [3.05, 3.63) is 40.7 Å². The average Bonchev–Trinajstić information content (AvgIpc) is 3.16. The van der Waals surface area contributed by atoms with Crippen LogP contribution in [0.5, 0.6) is 0 Å². The van der Waals surface area contributed by atoms with Crippen molar-refractivity contribution in [3.8, 4) is 0 Å². The van der Waals surface area contributed by atoms with Crippen molar-refractivity contribution in [2.24, 2.45) is 11.3 Å². The van der Waals surface area contributed by atoms with Gasteiger partial charge < -0.3 is 10.2 Å². The number of aromatic nitrogens is 2. The summed E-state index contributed by atoms with van der Waals surface area (Å²) in [6.45, 7) is 6.33. The number of amides is 1. The molecular formula is C20H26Cl2N4OS. The number of rotatable bonds is 7. The first kappa shape index (κ1) is 21.3. The van der Waals surface area contributed by atoms with Crippen LogP contribution in [0, 0.1) is 11.3 Å². The number of nitrogens with zero attached hydrogens (tertiary/aromatic N) is 3. The lowest BCUT2D eigenvalue weighted by Gasteiger charge is -2.32. The maximum atomic E-state index is 12.2. The molecule has 1 N–H and O–H groups in total. The number of carbonyl (C=O) groups excluding carboxylic acids is 1. The van der Waals surface area contributed by atoms with Gasteiger partial charge in [-0.05, 0) is 50.3 Å². The molecule has 1 aliphatic rings. The van der Waals surface area contributed by atoms with Crippen molar-refractivity contribution < 1.29 is 4.79 Å². The molecule has 3 rings (SSSR count). The number of hydrogen-bond donors (Lipinski definition) is 1. The normalized spacial score (nSPS) is 15.6. The zero-order valence-electron chi connectivity index (χ0n) is 16.3.